The molecule has 1 aromatic heterocycles. The Hall–Kier alpha value is -1.59. The van der Waals surface area contributed by atoms with Crippen molar-refractivity contribution in [2.24, 2.45) is 5.41 Å². The maximum atomic E-state index is 5.68. The molecule has 0 unspecified atom stereocenters. The summed E-state index contributed by atoms with van der Waals surface area (Å²) in [4.78, 5) is 14.6. The summed E-state index contributed by atoms with van der Waals surface area (Å²) in [5.41, 5.74) is 6.08. The molecule has 1 aliphatic heterocycles. The first kappa shape index (κ1) is 12.9. The van der Waals surface area contributed by atoms with Crippen LogP contribution in [0.1, 0.15) is 33.6 Å². The zero-order valence-electron chi connectivity index (χ0n) is 11.3. The van der Waals surface area contributed by atoms with E-state index < -0.39 is 0 Å². The number of rotatable bonds is 3. The average molecular weight is 251 g/mol. The molecule has 6 heteroatoms. The summed E-state index contributed by atoms with van der Waals surface area (Å²) in [5, 5.41) is 0. The SMILES string of the molecule is CCOc1nc(N)nc(N2CCC(C)(C)CC2)n1. The molecule has 0 saturated carbocycles. The highest BCUT2D eigenvalue weighted by Gasteiger charge is 2.27. The van der Waals surface area contributed by atoms with Crippen molar-refractivity contribution in [3.63, 3.8) is 0 Å². The smallest absolute Gasteiger partial charge is 0.323 e. The van der Waals surface area contributed by atoms with Gasteiger partial charge in [-0.1, -0.05) is 13.8 Å². The molecule has 100 valence electrons. The predicted octanol–water partition coefficient (Wildman–Crippen LogP) is 1.48. The van der Waals surface area contributed by atoms with Crippen molar-refractivity contribution in [1.29, 1.82) is 0 Å². The van der Waals surface area contributed by atoms with Gasteiger partial charge in [-0.15, -0.1) is 0 Å². The van der Waals surface area contributed by atoms with Crippen LogP contribution < -0.4 is 15.4 Å². The van der Waals surface area contributed by atoms with Crippen LogP contribution in [0.2, 0.25) is 0 Å². The Morgan fingerprint density at radius 2 is 1.89 bits per heavy atom. The number of anilines is 2. The number of nitrogen functional groups attached to an aromatic ring is 1. The van der Waals surface area contributed by atoms with Gasteiger partial charge in [0.25, 0.3) is 0 Å². The maximum Gasteiger partial charge on any atom is 0.323 e. The minimum absolute atomic E-state index is 0.216. The lowest BCUT2D eigenvalue weighted by atomic mass is 9.83. The van der Waals surface area contributed by atoms with E-state index in [0.29, 0.717) is 24.0 Å². The van der Waals surface area contributed by atoms with Crippen LogP contribution in [-0.2, 0) is 0 Å². The second-order valence-electron chi connectivity index (χ2n) is 5.36. The highest BCUT2D eigenvalue weighted by atomic mass is 16.5. The summed E-state index contributed by atoms with van der Waals surface area (Å²) in [7, 11) is 0. The molecule has 0 aromatic carbocycles. The second-order valence-corrected chi connectivity index (χ2v) is 5.36. The van der Waals surface area contributed by atoms with E-state index in [4.69, 9.17) is 10.5 Å². The van der Waals surface area contributed by atoms with Crippen LogP contribution in [0.3, 0.4) is 0 Å². The van der Waals surface area contributed by atoms with Gasteiger partial charge in [-0.3, -0.25) is 0 Å². The number of hydrogen-bond donors (Lipinski definition) is 1. The molecule has 0 radical (unpaired) electrons. The summed E-state index contributed by atoms with van der Waals surface area (Å²) in [6.45, 7) is 8.89. The summed E-state index contributed by atoms with van der Waals surface area (Å²) >= 11 is 0. The van der Waals surface area contributed by atoms with Crippen molar-refractivity contribution >= 4 is 11.9 Å². The summed E-state index contributed by atoms with van der Waals surface area (Å²) in [5.74, 6) is 0.842. The molecule has 0 spiro atoms. The molecule has 2 rings (SSSR count). The molecule has 1 saturated heterocycles. The van der Waals surface area contributed by atoms with Gasteiger partial charge in [0.2, 0.25) is 11.9 Å². The third-order valence-corrected chi connectivity index (χ3v) is 3.29. The van der Waals surface area contributed by atoms with E-state index in [-0.39, 0.29) is 5.95 Å². The predicted molar refractivity (Wildman–Crippen MR) is 70.6 cm³/mol. The summed E-state index contributed by atoms with van der Waals surface area (Å²) < 4.78 is 5.29. The molecule has 0 bridgehead atoms. The van der Waals surface area contributed by atoms with E-state index in [1.54, 1.807) is 0 Å². The number of nitrogens with two attached hydrogens (primary N) is 1. The Labute approximate surface area is 108 Å². The minimum Gasteiger partial charge on any atom is -0.464 e. The van der Waals surface area contributed by atoms with Crippen LogP contribution in [0.25, 0.3) is 0 Å². The van der Waals surface area contributed by atoms with Crippen molar-refractivity contribution in [3.05, 3.63) is 0 Å². The van der Waals surface area contributed by atoms with Crippen LogP contribution in [-0.4, -0.2) is 34.6 Å². The van der Waals surface area contributed by atoms with Crippen molar-refractivity contribution in [2.45, 2.75) is 33.6 Å². The molecule has 1 aromatic rings. The monoisotopic (exact) mass is 251 g/mol. The van der Waals surface area contributed by atoms with Crippen molar-refractivity contribution < 1.29 is 4.74 Å². The van der Waals surface area contributed by atoms with Gasteiger partial charge < -0.3 is 15.4 Å². The van der Waals surface area contributed by atoms with E-state index in [2.05, 4.69) is 33.7 Å². The second kappa shape index (κ2) is 4.96. The lowest BCUT2D eigenvalue weighted by molar-refractivity contribution is 0.276. The Bertz CT molecular complexity index is 411. The molecule has 2 N–H and O–H groups in total. The van der Waals surface area contributed by atoms with Crippen molar-refractivity contribution in [1.82, 2.24) is 15.0 Å². The first-order valence-electron chi connectivity index (χ1n) is 6.39. The topological polar surface area (TPSA) is 77.2 Å². The number of ether oxygens (including phenoxy) is 1. The molecule has 0 aliphatic carbocycles. The third-order valence-electron chi connectivity index (χ3n) is 3.29. The fraction of sp³-hybridized carbons (Fsp3) is 0.750. The lowest BCUT2D eigenvalue weighted by Gasteiger charge is -2.36. The van der Waals surface area contributed by atoms with E-state index >= 15 is 0 Å². The lowest BCUT2D eigenvalue weighted by Crippen LogP contribution is -2.38. The first-order valence-corrected chi connectivity index (χ1v) is 6.39. The van der Waals surface area contributed by atoms with Crippen LogP contribution in [0.5, 0.6) is 6.01 Å². The molecule has 0 atom stereocenters. The largest absolute Gasteiger partial charge is 0.464 e. The number of hydrogen-bond acceptors (Lipinski definition) is 6. The molecule has 1 aliphatic rings. The Balaban J connectivity index is 2.13. The molecule has 18 heavy (non-hydrogen) atoms. The average Bonchev–Trinajstić information content (AvgIpc) is 2.28. The molecular formula is C12H21N5O. The fourth-order valence-corrected chi connectivity index (χ4v) is 2.01. The van der Waals surface area contributed by atoms with E-state index in [1.807, 2.05) is 6.92 Å². The highest BCUT2D eigenvalue weighted by Crippen LogP contribution is 2.31. The normalized spacial score (nSPS) is 18.7. The van der Waals surface area contributed by atoms with Gasteiger partial charge in [0, 0.05) is 13.1 Å². The Morgan fingerprint density at radius 1 is 1.22 bits per heavy atom. The number of piperidine rings is 1. The van der Waals surface area contributed by atoms with Crippen LogP contribution >= 0.6 is 0 Å². The van der Waals surface area contributed by atoms with Crippen molar-refractivity contribution in [2.75, 3.05) is 30.3 Å². The fourth-order valence-electron chi connectivity index (χ4n) is 2.01. The van der Waals surface area contributed by atoms with Gasteiger partial charge in [-0.25, -0.2) is 0 Å². The number of aromatic nitrogens is 3. The van der Waals surface area contributed by atoms with Gasteiger partial charge >= 0.3 is 6.01 Å². The first-order chi connectivity index (χ1) is 8.50. The molecule has 0 amide bonds. The minimum atomic E-state index is 0.216. The van der Waals surface area contributed by atoms with Crippen LogP contribution in [0.15, 0.2) is 0 Å². The van der Waals surface area contributed by atoms with E-state index in [9.17, 15) is 0 Å². The van der Waals surface area contributed by atoms with E-state index in [0.717, 1.165) is 25.9 Å². The van der Waals surface area contributed by atoms with Gasteiger partial charge in [-0.2, -0.15) is 15.0 Å². The number of nitrogens with zero attached hydrogens (tertiary/aromatic N) is 4. The summed E-state index contributed by atoms with van der Waals surface area (Å²) in [6, 6.07) is 0.310. The van der Waals surface area contributed by atoms with E-state index in [1.165, 1.54) is 0 Å². The zero-order chi connectivity index (χ0) is 13.2. The molecule has 6 nitrogen and oxygen atoms in total. The highest BCUT2D eigenvalue weighted by molar-refractivity contribution is 5.36. The molecule has 1 fully saturated rings. The zero-order valence-corrected chi connectivity index (χ0v) is 11.3. The maximum absolute atomic E-state index is 5.68. The Morgan fingerprint density at radius 3 is 2.50 bits per heavy atom. The van der Waals surface area contributed by atoms with Gasteiger partial charge in [0.05, 0.1) is 6.61 Å². The molecule has 2 heterocycles. The van der Waals surface area contributed by atoms with Crippen molar-refractivity contribution in [3.8, 4) is 6.01 Å². The van der Waals surface area contributed by atoms with Gasteiger partial charge in [0.15, 0.2) is 0 Å². The quantitative estimate of drug-likeness (QED) is 0.876. The van der Waals surface area contributed by atoms with Gasteiger partial charge in [0.1, 0.15) is 0 Å². The van der Waals surface area contributed by atoms with Crippen LogP contribution in [0, 0.1) is 5.41 Å². The molecular weight excluding hydrogens is 230 g/mol. The standard InChI is InChI=1S/C12H21N5O/c1-4-18-11-15-9(13)14-10(16-11)17-7-5-12(2,3)6-8-17/h4-8H2,1-3H3,(H2,13,14,15,16). The Kier molecular flexibility index (Phi) is 3.54. The third kappa shape index (κ3) is 3.00. The summed E-state index contributed by atoms with van der Waals surface area (Å²) in [6.07, 6.45) is 2.26. The van der Waals surface area contributed by atoms with Crippen LogP contribution in [0.4, 0.5) is 11.9 Å². The van der Waals surface area contributed by atoms with Gasteiger partial charge in [-0.05, 0) is 25.2 Å².